The molecule has 4 aromatic rings. The molecule has 1 aromatic carbocycles. The predicted octanol–water partition coefficient (Wildman–Crippen LogP) is 4.83. The van der Waals surface area contributed by atoms with Crippen molar-refractivity contribution in [2.75, 3.05) is 50.2 Å². The fraction of sp³-hybridized carbons (Fsp3) is 0.516. The second kappa shape index (κ2) is 12.2. The quantitative estimate of drug-likeness (QED) is 0.319. The van der Waals surface area contributed by atoms with Gasteiger partial charge in [0, 0.05) is 57.3 Å². The summed E-state index contributed by atoms with van der Waals surface area (Å²) in [5.74, 6) is 1.48. The third-order valence-corrected chi connectivity index (χ3v) is 8.83. The highest BCUT2D eigenvalue weighted by Gasteiger charge is 2.28. The van der Waals surface area contributed by atoms with Crippen LogP contribution in [-0.4, -0.2) is 80.8 Å². The van der Waals surface area contributed by atoms with E-state index < -0.39 is 0 Å². The van der Waals surface area contributed by atoms with Gasteiger partial charge >= 0.3 is 0 Å². The zero-order valence-corrected chi connectivity index (χ0v) is 23.6. The van der Waals surface area contributed by atoms with E-state index in [2.05, 4.69) is 74.0 Å². The van der Waals surface area contributed by atoms with Gasteiger partial charge in [-0.3, -0.25) is 9.58 Å². The van der Waals surface area contributed by atoms with Gasteiger partial charge in [0.25, 0.3) is 0 Å². The Labute approximate surface area is 241 Å². The molecule has 41 heavy (non-hydrogen) atoms. The minimum atomic E-state index is 0.375. The van der Waals surface area contributed by atoms with E-state index in [-0.39, 0.29) is 0 Å². The molecule has 0 amide bonds. The Hall–Kier alpha value is -3.47. The van der Waals surface area contributed by atoms with E-state index in [1.54, 1.807) is 0 Å². The summed E-state index contributed by atoms with van der Waals surface area (Å²) in [6.45, 7) is 6.19. The molecule has 2 saturated heterocycles. The first kappa shape index (κ1) is 26.4. The van der Waals surface area contributed by atoms with Gasteiger partial charge in [0.1, 0.15) is 5.52 Å². The Balaban J connectivity index is 1.12. The molecular weight excluding hydrogens is 516 g/mol. The number of hydrogen-bond acceptors (Lipinski definition) is 8. The number of benzene rings is 1. The predicted molar refractivity (Wildman–Crippen MR) is 160 cm³/mol. The lowest BCUT2D eigenvalue weighted by Crippen LogP contribution is -2.46. The number of rotatable bonds is 8. The van der Waals surface area contributed by atoms with Crippen molar-refractivity contribution in [3.05, 3.63) is 60.6 Å². The monoisotopic (exact) mass is 556 g/mol. The van der Waals surface area contributed by atoms with Crippen LogP contribution in [0.4, 0.5) is 17.5 Å². The van der Waals surface area contributed by atoms with Crippen molar-refractivity contribution in [3.8, 4) is 0 Å². The minimum Gasteiger partial charge on any atom is -0.381 e. The lowest BCUT2D eigenvalue weighted by Gasteiger charge is -2.39. The van der Waals surface area contributed by atoms with Crippen molar-refractivity contribution >= 4 is 28.5 Å². The van der Waals surface area contributed by atoms with Crippen LogP contribution in [0.15, 0.2) is 55.0 Å². The van der Waals surface area contributed by atoms with E-state index in [0.717, 1.165) is 94.3 Å². The molecule has 10 heteroatoms. The number of aromatic nitrogens is 5. The van der Waals surface area contributed by atoms with Crippen molar-refractivity contribution in [2.45, 2.75) is 63.2 Å². The fourth-order valence-corrected chi connectivity index (χ4v) is 6.58. The molecule has 0 atom stereocenters. The molecule has 2 N–H and O–H groups in total. The van der Waals surface area contributed by atoms with Gasteiger partial charge in [-0.2, -0.15) is 10.1 Å². The van der Waals surface area contributed by atoms with Crippen LogP contribution in [0.3, 0.4) is 0 Å². The molecule has 3 aromatic heterocycles. The van der Waals surface area contributed by atoms with Crippen molar-refractivity contribution < 1.29 is 9.47 Å². The summed E-state index contributed by atoms with van der Waals surface area (Å²) >= 11 is 0. The van der Waals surface area contributed by atoms with Gasteiger partial charge < -0.3 is 24.7 Å². The van der Waals surface area contributed by atoms with Gasteiger partial charge in [0.15, 0.2) is 5.82 Å². The molecule has 2 aliphatic heterocycles. The van der Waals surface area contributed by atoms with Crippen molar-refractivity contribution in [1.82, 2.24) is 29.2 Å². The lowest BCUT2D eigenvalue weighted by atomic mass is 9.90. The smallest absolute Gasteiger partial charge is 0.229 e. The Morgan fingerprint density at radius 3 is 2.41 bits per heavy atom. The van der Waals surface area contributed by atoms with Crippen LogP contribution in [0.5, 0.6) is 0 Å². The molecule has 1 saturated carbocycles. The van der Waals surface area contributed by atoms with Crippen molar-refractivity contribution in [1.29, 1.82) is 0 Å². The van der Waals surface area contributed by atoms with E-state index in [4.69, 9.17) is 19.4 Å². The summed E-state index contributed by atoms with van der Waals surface area (Å²) in [6, 6.07) is 14.1. The minimum absolute atomic E-state index is 0.375. The van der Waals surface area contributed by atoms with E-state index in [1.165, 1.54) is 18.4 Å². The molecule has 0 unspecified atom stereocenters. The van der Waals surface area contributed by atoms with Crippen LogP contribution in [0.1, 0.15) is 50.1 Å². The maximum absolute atomic E-state index is 5.58. The Bertz CT molecular complexity index is 1420. The number of nitrogens with one attached hydrogen (secondary N) is 2. The third kappa shape index (κ3) is 6.10. The van der Waals surface area contributed by atoms with Gasteiger partial charge in [-0.15, -0.1) is 0 Å². The topological polar surface area (TPSA) is 94.3 Å². The van der Waals surface area contributed by atoms with Gasteiger partial charge in [-0.05, 0) is 50.2 Å². The Kier molecular flexibility index (Phi) is 7.85. The molecule has 5 heterocycles. The maximum atomic E-state index is 5.58. The van der Waals surface area contributed by atoms with Gasteiger partial charge in [0.05, 0.1) is 36.7 Å². The second-order valence-corrected chi connectivity index (χ2v) is 11.5. The van der Waals surface area contributed by atoms with Gasteiger partial charge in [-0.25, -0.2) is 4.98 Å². The number of morpholine rings is 1. The van der Waals surface area contributed by atoms with Gasteiger partial charge in [0.2, 0.25) is 5.95 Å². The summed E-state index contributed by atoms with van der Waals surface area (Å²) < 4.78 is 15.4. The van der Waals surface area contributed by atoms with Crippen LogP contribution in [0, 0.1) is 0 Å². The van der Waals surface area contributed by atoms with Crippen molar-refractivity contribution in [2.24, 2.45) is 0 Å². The molecule has 0 radical (unpaired) electrons. The lowest BCUT2D eigenvalue weighted by molar-refractivity contribution is 0.00791. The number of anilines is 3. The zero-order chi connectivity index (χ0) is 27.4. The largest absolute Gasteiger partial charge is 0.381 e. The standard InChI is InChI=1S/C31H40N8O2/c1-2-4-23(5-3-1)21-38-13-10-28-29(38)30(33-24-6-8-26(9-7-24)37-14-18-41-19-15-37)36-31(35-28)34-25-20-32-39(22-25)27-11-16-40-17-12-27/h1-5,10,13,20,22,24,26-27H,6-9,11-12,14-19,21H2,(H2,33,34,35,36)/t24-,26-. The molecule has 1 aliphatic carbocycles. The van der Waals surface area contributed by atoms with Crippen LogP contribution < -0.4 is 10.6 Å². The Morgan fingerprint density at radius 1 is 0.829 bits per heavy atom. The summed E-state index contributed by atoms with van der Waals surface area (Å²) in [4.78, 5) is 12.6. The number of hydrogen-bond donors (Lipinski definition) is 2. The molecule has 10 nitrogen and oxygen atoms in total. The Morgan fingerprint density at radius 2 is 1.61 bits per heavy atom. The molecule has 3 aliphatic rings. The maximum Gasteiger partial charge on any atom is 0.229 e. The van der Waals surface area contributed by atoms with E-state index in [9.17, 15) is 0 Å². The number of nitrogens with zero attached hydrogens (tertiary/aromatic N) is 6. The molecular formula is C31H40N8O2. The number of fused-ring (bicyclic) bond motifs is 1. The summed E-state index contributed by atoms with van der Waals surface area (Å²) in [6.07, 6.45) is 12.7. The summed E-state index contributed by atoms with van der Waals surface area (Å²) in [5, 5.41) is 11.9. The van der Waals surface area contributed by atoms with Crippen LogP contribution >= 0.6 is 0 Å². The highest BCUT2D eigenvalue weighted by molar-refractivity contribution is 5.88. The average molecular weight is 557 g/mol. The first-order chi connectivity index (χ1) is 20.3. The normalized spacial score (nSPS) is 22.6. The molecule has 0 bridgehead atoms. The molecule has 3 fully saturated rings. The summed E-state index contributed by atoms with van der Waals surface area (Å²) in [5.41, 5.74) is 4.13. The number of ether oxygens (including phenoxy) is 2. The van der Waals surface area contributed by atoms with Crippen LogP contribution in [-0.2, 0) is 16.0 Å². The SMILES string of the molecule is c1ccc(Cn2ccc3nc(Nc4cnn(C5CCOCC5)c4)nc(N[C@H]4CC[C@H](N5CCOCC5)CC4)c32)cc1. The zero-order valence-electron chi connectivity index (χ0n) is 23.6. The van der Waals surface area contributed by atoms with E-state index in [1.807, 2.05) is 10.9 Å². The molecule has 216 valence electrons. The van der Waals surface area contributed by atoms with E-state index >= 15 is 0 Å². The van der Waals surface area contributed by atoms with Crippen LogP contribution in [0.2, 0.25) is 0 Å². The fourth-order valence-electron chi connectivity index (χ4n) is 6.58. The van der Waals surface area contributed by atoms with Crippen LogP contribution in [0.25, 0.3) is 11.0 Å². The summed E-state index contributed by atoms with van der Waals surface area (Å²) in [7, 11) is 0. The first-order valence-corrected chi connectivity index (χ1v) is 15.2. The van der Waals surface area contributed by atoms with Crippen molar-refractivity contribution in [3.63, 3.8) is 0 Å². The first-order valence-electron chi connectivity index (χ1n) is 15.2. The molecule has 0 spiro atoms. The second-order valence-electron chi connectivity index (χ2n) is 11.5. The van der Waals surface area contributed by atoms with Gasteiger partial charge in [-0.1, -0.05) is 30.3 Å². The molecule has 7 rings (SSSR count). The average Bonchev–Trinajstić information content (AvgIpc) is 3.66. The van der Waals surface area contributed by atoms with E-state index in [0.29, 0.717) is 24.1 Å². The highest BCUT2D eigenvalue weighted by Crippen LogP contribution is 2.31. The highest BCUT2D eigenvalue weighted by atomic mass is 16.5. The third-order valence-electron chi connectivity index (χ3n) is 8.83.